The van der Waals surface area contributed by atoms with Gasteiger partial charge in [0.1, 0.15) is 6.04 Å². The smallest absolute Gasteiger partial charge is 0.220 e. The summed E-state index contributed by atoms with van der Waals surface area (Å²) in [5.41, 5.74) is 0. The lowest BCUT2D eigenvalue weighted by atomic mass is 10.2. The highest BCUT2D eigenvalue weighted by Gasteiger charge is 2.13. The third-order valence-corrected chi connectivity index (χ3v) is 1.33. The lowest BCUT2D eigenvalue weighted by Crippen LogP contribution is -2.41. The molecule has 1 atom stereocenters. The van der Waals surface area contributed by atoms with E-state index in [2.05, 4.69) is 5.32 Å². The highest BCUT2D eigenvalue weighted by Crippen LogP contribution is 1.86. The van der Waals surface area contributed by atoms with Gasteiger partial charge in [-0.3, -0.25) is 9.59 Å². The molecular weight excluding hydrogens is 146 g/mol. The summed E-state index contributed by atoms with van der Waals surface area (Å²) in [6.45, 7) is 2.68. The highest BCUT2D eigenvalue weighted by atomic mass is 16.3. The molecule has 0 aliphatic heterocycles. The van der Waals surface area contributed by atoms with Crippen LogP contribution in [-0.4, -0.2) is 29.4 Å². The van der Waals surface area contributed by atoms with Gasteiger partial charge < -0.3 is 10.4 Å². The SMILES string of the molecule is CCC(=O)N[C@@H](CO)C(C)=O. The lowest BCUT2D eigenvalue weighted by Gasteiger charge is -2.11. The molecule has 11 heavy (non-hydrogen) atoms. The molecule has 0 heterocycles. The van der Waals surface area contributed by atoms with Crippen LogP contribution in [0, 0.1) is 0 Å². The van der Waals surface area contributed by atoms with Crippen LogP contribution in [0.2, 0.25) is 0 Å². The summed E-state index contributed by atoms with van der Waals surface area (Å²) in [6, 6.07) is -0.734. The van der Waals surface area contributed by atoms with E-state index in [9.17, 15) is 9.59 Å². The average Bonchev–Trinajstić information content (AvgIpc) is 1.99. The van der Waals surface area contributed by atoms with Gasteiger partial charge in [-0.05, 0) is 6.92 Å². The number of carbonyl (C=O) groups excluding carboxylic acids is 2. The minimum absolute atomic E-state index is 0.223. The van der Waals surface area contributed by atoms with Crippen LogP contribution >= 0.6 is 0 Å². The Balaban J connectivity index is 3.88. The van der Waals surface area contributed by atoms with Gasteiger partial charge in [-0.1, -0.05) is 6.92 Å². The summed E-state index contributed by atoms with van der Waals surface area (Å²) in [4.78, 5) is 21.4. The molecular formula is C7H13NO3. The molecule has 0 fully saturated rings. The van der Waals surface area contributed by atoms with Gasteiger partial charge in [-0.15, -0.1) is 0 Å². The van der Waals surface area contributed by atoms with E-state index in [0.717, 1.165) is 0 Å². The third kappa shape index (κ3) is 3.72. The van der Waals surface area contributed by atoms with Crippen LogP contribution in [0.3, 0.4) is 0 Å². The van der Waals surface area contributed by atoms with Crippen molar-refractivity contribution in [1.29, 1.82) is 0 Å². The van der Waals surface area contributed by atoms with E-state index in [0.29, 0.717) is 6.42 Å². The first-order valence-electron chi connectivity index (χ1n) is 3.52. The number of hydrogen-bond donors (Lipinski definition) is 2. The number of aliphatic hydroxyl groups excluding tert-OH is 1. The molecule has 0 rings (SSSR count). The molecule has 4 nitrogen and oxygen atoms in total. The van der Waals surface area contributed by atoms with Gasteiger partial charge in [0.2, 0.25) is 5.91 Å². The lowest BCUT2D eigenvalue weighted by molar-refractivity contribution is -0.127. The summed E-state index contributed by atoms with van der Waals surface area (Å²) >= 11 is 0. The second kappa shape index (κ2) is 4.85. The van der Waals surface area contributed by atoms with Crippen LogP contribution in [0.15, 0.2) is 0 Å². The van der Waals surface area contributed by atoms with Crippen molar-refractivity contribution < 1.29 is 14.7 Å². The van der Waals surface area contributed by atoms with Crippen LogP contribution in [0.5, 0.6) is 0 Å². The Bertz CT molecular complexity index is 156. The van der Waals surface area contributed by atoms with Gasteiger partial charge in [0.25, 0.3) is 0 Å². The zero-order valence-electron chi connectivity index (χ0n) is 6.76. The van der Waals surface area contributed by atoms with Crippen LogP contribution in [0.1, 0.15) is 20.3 Å². The first kappa shape index (κ1) is 10.1. The van der Waals surface area contributed by atoms with E-state index in [1.807, 2.05) is 0 Å². The predicted octanol–water partition coefficient (Wildman–Crippen LogP) is -0.538. The largest absolute Gasteiger partial charge is 0.394 e. The molecule has 0 aromatic carbocycles. The normalized spacial score (nSPS) is 12.3. The molecule has 0 unspecified atom stereocenters. The fourth-order valence-corrected chi connectivity index (χ4v) is 0.572. The van der Waals surface area contributed by atoms with Crippen molar-refractivity contribution >= 4 is 11.7 Å². The second-order valence-electron chi connectivity index (χ2n) is 2.27. The Morgan fingerprint density at radius 3 is 2.36 bits per heavy atom. The van der Waals surface area contributed by atoms with Crippen molar-refractivity contribution in [2.45, 2.75) is 26.3 Å². The van der Waals surface area contributed by atoms with Crippen molar-refractivity contribution in [3.05, 3.63) is 0 Å². The Kier molecular flexibility index (Phi) is 4.45. The van der Waals surface area contributed by atoms with Crippen LogP contribution in [-0.2, 0) is 9.59 Å². The second-order valence-corrected chi connectivity index (χ2v) is 2.27. The topological polar surface area (TPSA) is 66.4 Å². The van der Waals surface area contributed by atoms with E-state index >= 15 is 0 Å². The zero-order chi connectivity index (χ0) is 8.85. The van der Waals surface area contributed by atoms with Crippen molar-refractivity contribution in [2.24, 2.45) is 0 Å². The van der Waals surface area contributed by atoms with E-state index in [1.165, 1.54) is 6.92 Å². The molecule has 0 saturated heterocycles. The third-order valence-electron chi connectivity index (χ3n) is 1.33. The minimum atomic E-state index is -0.734. The molecule has 4 heteroatoms. The van der Waals surface area contributed by atoms with Crippen molar-refractivity contribution in [2.75, 3.05) is 6.61 Å². The molecule has 0 aromatic heterocycles. The number of hydrogen-bond acceptors (Lipinski definition) is 3. The molecule has 2 N–H and O–H groups in total. The maximum absolute atomic E-state index is 10.7. The molecule has 0 aliphatic rings. The van der Waals surface area contributed by atoms with E-state index in [1.54, 1.807) is 6.92 Å². The van der Waals surface area contributed by atoms with Crippen molar-refractivity contribution in [3.63, 3.8) is 0 Å². The Morgan fingerprint density at radius 1 is 1.55 bits per heavy atom. The first-order valence-corrected chi connectivity index (χ1v) is 3.52. The standard InChI is InChI=1S/C7H13NO3/c1-3-7(11)8-6(4-9)5(2)10/h6,9H,3-4H2,1-2H3,(H,8,11)/t6-/m0/s1. The number of Topliss-reactive ketones (excluding diaryl/α,β-unsaturated/α-hetero) is 1. The number of ketones is 1. The molecule has 64 valence electrons. The summed E-state index contributed by atoms with van der Waals surface area (Å²) in [5.74, 6) is -0.450. The number of amides is 1. The maximum Gasteiger partial charge on any atom is 0.220 e. The number of nitrogens with one attached hydrogen (secondary N) is 1. The molecule has 0 aromatic rings. The summed E-state index contributed by atoms with van der Waals surface area (Å²) in [6.07, 6.45) is 0.323. The highest BCUT2D eigenvalue weighted by molar-refractivity contribution is 5.87. The number of carbonyl (C=O) groups is 2. The van der Waals surface area contributed by atoms with Gasteiger partial charge in [-0.2, -0.15) is 0 Å². The molecule has 1 amide bonds. The number of rotatable bonds is 4. The van der Waals surface area contributed by atoms with Gasteiger partial charge in [0.05, 0.1) is 6.61 Å². The summed E-state index contributed by atoms with van der Waals surface area (Å²) in [5, 5.41) is 11.0. The Labute approximate surface area is 65.6 Å². The van der Waals surface area contributed by atoms with Gasteiger partial charge in [0.15, 0.2) is 5.78 Å². The predicted molar refractivity (Wildman–Crippen MR) is 40.0 cm³/mol. The van der Waals surface area contributed by atoms with Crippen LogP contribution in [0.4, 0.5) is 0 Å². The zero-order valence-corrected chi connectivity index (χ0v) is 6.76. The summed E-state index contributed by atoms with van der Waals surface area (Å²) < 4.78 is 0. The van der Waals surface area contributed by atoms with Gasteiger partial charge >= 0.3 is 0 Å². The fourth-order valence-electron chi connectivity index (χ4n) is 0.572. The number of aliphatic hydroxyl groups is 1. The monoisotopic (exact) mass is 159 g/mol. The molecule has 0 aliphatic carbocycles. The van der Waals surface area contributed by atoms with Crippen molar-refractivity contribution in [1.82, 2.24) is 5.32 Å². The Hall–Kier alpha value is -0.900. The maximum atomic E-state index is 10.7. The van der Waals surface area contributed by atoms with E-state index in [4.69, 9.17) is 5.11 Å². The van der Waals surface area contributed by atoms with Gasteiger partial charge in [-0.25, -0.2) is 0 Å². The Morgan fingerprint density at radius 2 is 2.09 bits per heavy atom. The average molecular weight is 159 g/mol. The molecule has 0 saturated carbocycles. The summed E-state index contributed by atoms with van der Waals surface area (Å²) in [7, 11) is 0. The molecule has 0 spiro atoms. The fraction of sp³-hybridized carbons (Fsp3) is 0.714. The van der Waals surface area contributed by atoms with Crippen molar-refractivity contribution in [3.8, 4) is 0 Å². The van der Waals surface area contributed by atoms with E-state index in [-0.39, 0.29) is 18.3 Å². The molecule has 0 bridgehead atoms. The molecule has 0 radical (unpaired) electrons. The first-order chi connectivity index (χ1) is 5.11. The minimum Gasteiger partial charge on any atom is -0.394 e. The van der Waals surface area contributed by atoms with Crippen LogP contribution in [0.25, 0.3) is 0 Å². The van der Waals surface area contributed by atoms with Crippen LogP contribution < -0.4 is 5.32 Å². The quantitative estimate of drug-likeness (QED) is 0.579. The van der Waals surface area contributed by atoms with E-state index < -0.39 is 6.04 Å². The van der Waals surface area contributed by atoms with Gasteiger partial charge in [0, 0.05) is 6.42 Å².